The minimum absolute atomic E-state index is 0.154. The van der Waals surface area contributed by atoms with Crippen molar-refractivity contribution in [3.05, 3.63) is 0 Å². The molecule has 1 saturated carbocycles. The van der Waals surface area contributed by atoms with Crippen LogP contribution in [0.15, 0.2) is 0 Å². The van der Waals surface area contributed by atoms with Gasteiger partial charge in [-0.1, -0.05) is 13.8 Å². The van der Waals surface area contributed by atoms with Gasteiger partial charge in [0.25, 0.3) is 0 Å². The van der Waals surface area contributed by atoms with Gasteiger partial charge in [-0.2, -0.15) is 0 Å². The summed E-state index contributed by atoms with van der Waals surface area (Å²) < 4.78 is 5.33. The van der Waals surface area contributed by atoms with Gasteiger partial charge in [0.15, 0.2) is 0 Å². The molecule has 60 valence electrons. The van der Waals surface area contributed by atoms with E-state index in [2.05, 4.69) is 13.8 Å². The van der Waals surface area contributed by atoms with Gasteiger partial charge < -0.3 is 9.84 Å². The molecule has 0 bridgehead atoms. The van der Waals surface area contributed by atoms with Crippen LogP contribution in [-0.4, -0.2) is 24.4 Å². The van der Waals surface area contributed by atoms with E-state index in [1.165, 1.54) is 6.42 Å². The molecule has 0 unspecified atom stereocenters. The summed E-state index contributed by atoms with van der Waals surface area (Å²) in [6.45, 7) is 5.09. The average molecular weight is 144 g/mol. The second-order valence-corrected chi connectivity index (χ2v) is 3.28. The van der Waals surface area contributed by atoms with Gasteiger partial charge in [0.1, 0.15) is 0 Å². The maximum Gasteiger partial charge on any atom is 0.0701 e. The lowest BCUT2D eigenvalue weighted by Gasteiger charge is -2.02. The molecule has 1 fully saturated rings. The van der Waals surface area contributed by atoms with Gasteiger partial charge in [-0.3, -0.25) is 0 Å². The van der Waals surface area contributed by atoms with Gasteiger partial charge in [0.2, 0.25) is 0 Å². The molecular weight excluding hydrogens is 128 g/mol. The number of hydrogen-bond acceptors (Lipinski definition) is 2. The van der Waals surface area contributed by atoms with Crippen molar-refractivity contribution in [2.45, 2.75) is 26.4 Å². The van der Waals surface area contributed by atoms with E-state index < -0.39 is 0 Å². The molecule has 1 aliphatic carbocycles. The summed E-state index contributed by atoms with van der Waals surface area (Å²) in [7, 11) is 0. The van der Waals surface area contributed by atoms with Gasteiger partial charge in [-0.05, 0) is 18.3 Å². The van der Waals surface area contributed by atoms with Crippen molar-refractivity contribution < 1.29 is 9.84 Å². The Hall–Kier alpha value is -0.0800. The molecule has 0 aliphatic heterocycles. The highest BCUT2D eigenvalue weighted by molar-refractivity contribution is 4.89. The van der Waals surface area contributed by atoms with Crippen molar-refractivity contribution in [3.8, 4) is 0 Å². The topological polar surface area (TPSA) is 29.5 Å². The van der Waals surface area contributed by atoms with Crippen LogP contribution in [0.2, 0.25) is 0 Å². The first-order chi connectivity index (χ1) is 4.75. The highest BCUT2D eigenvalue weighted by atomic mass is 16.5. The molecule has 1 N–H and O–H groups in total. The molecule has 0 spiro atoms. The van der Waals surface area contributed by atoms with Gasteiger partial charge in [0.05, 0.1) is 19.3 Å². The summed E-state index contributed by atoms with van der Waals surface area (Å²) >= 11 is 0. The SMILES string of the molecule is CC(C)[C@@H]1C[C@H]1OCCO. The lowest BCUT2D eigenvalue weighted by molar-refractivity contribution is 0.0691. The molecule has 1 rings (SSSR count). The summed E-state index contributed by atoms with van der Waals surface area (Å²) in [4.78, 5) is 0. The van der Waals surface area contributed by atoms with Gasteiger partial charge in [0, 0.05) is 0 Å². The molecule has 0 aromatic rings. The van der Waals surface area contributed by atoms with E-state index in [0.717, 1.165) is 11.8 Å². The smallest absolute Gasteiger partial charge is 0.0701 e. The third-order valence-corrected chi connectivity index (χ3v) is 2.06. The maximum atomic E-state index is 8.44. The molecule has 0 saturated heterocycles. The normalized spacial score (nSPS) is 31.2. The van der Waals surface area contributed by atoms with Gasteiger partial charge >= 0.3 is 0 Å². The van der Waals surface area contributed by atoms with Crippen molar-refractivity contribution in [3.63, 3.8) is 0 Å². The van der Waals surface area contributed by atoms with E-state index in [9.17, 15) is 0 Å². The lowest BCUT2D eigenvalue weighted by Crippen LogP contribution is -2.05. The molecule has 2 nitrogen and oxygen atoms in total. The monoisotopic (exact) mass is 144 g/mol. The Morgan fingerprint density at radius 2 is 2.30 bits per heavy atom. The number of ether oxygens (including phenoxy) is 1. The van der Waals surface area contributed by atoms with Crippen LogP contribution in [-0.2, 0) is 4.74 Å². The Morgan fingerprint density at radius 1 is 1.60 bits per heavy atom. The molecule has 10 heavy (non-hydrogen) atoms. The van der Waals surface area contributed by atoms with Crippen molar-refractivity contribution in [2.24, 2.45) is 11.8 Å². The zero-order valence-corrected chi connectivity index (χ0v) is 6.71. The van der Waals surface area contributed by atoms with Crippen LogP contribution in [0.5, 0.6) is 0 Å². The molecule has 0 aromatic carbocycles. The molecule has 0 radical (unpaired) electrons. The fourth-order valence-electron chi connectivity index (χ4n) is 1.29. The lowest BCUT2D eigenvalue weighted by atomic mass is 10.1. The number of rotatable bonds is 4. The van der Waals surface area contributed by atoms with Crippen LogP contribution in [0.3, 0.4) is 0 Å². The van der Waals surface area contributed by atoms with E-state index in [4.69, 9.17) is 9.84 Å². The van der Waals surface area contributed by atoms with E-state index in [0.29, 0.717) is 12.7 Å². The first-order valence-electron chi connectivity index (χ1n) is 3.98. The number of aliphatic hydroxyl groups excluding tert-OH is 1. The van der Waals surface area contributed by atoms with Crippen LogP contribution in [0.1, 0.15) is 20.3 Å². The predicted molar refractivity (Wildman–Crippen MR) is 39.8 cm³/mol. The predicted octanol–water partition coefficient (Wildman–Crippen LogP) is 1.04. The minimum atomic E-state index is 0.154. The van der Waals surface area contributed by atoms with E-state index in [1.807, 2.05) is 0 Å². The first kappa shape index (κ1) is 8.02. The second-order valence-electron chi connectivity index (χ2n) is 3.28. The Labute approximate surface area is 62.2 Å². The highest BCUT2D eigenvalue weighted by Crippen LogP contribution is 2.39. The maximum absolute atomic E-state index is 8.44. The van der Waals surface area contributed by atoms with E-state index >= 15 is 0 Å². The Balaban J connectivity index is 2.02. The third-order valence-electron chi connectivity index (χ3n) is 2.06. The molecular formula is C8H16O2. The van der Waals surface area contributed by atoms with Crippen molar-refractivity contribution in [2.75, 3.05) is 13.2 Å². The summed E-state index contributed by atoms with van der Waals surface area (Å²) in [5.41, 5.74) is 0. The Kier molecular flexibility index (Phi) is 2.69. The molecule has 0 aromatic heterocycles. The Bertz CT molecular complexity index is 101. The van der Waals surface area contributed by atoms with Crippen molar-refractivity contribution in [1.29, 1.82) is 0 Å². The first-order valence-corrected chi connectivity index (χ1v) is 3.98. The standard InChI is InChI=1S/C8H16O2/c1-6(2)7-5-8(7)10-4-3-9/h6-9H,3-5H2,1-2H3/t7-,8+/m0/s1. The summed E-state index contributed by atoms with van der Waals surface area (Å²) in [5.74, 6) is 1.50. The largest absolute Gasteiger partial charge is 0.394 e. The second kappa shape index (κ2) is 3.35. The van der Waals surface area contributed by atoms with Crippen molar-refractivity contribution in [1.82, 2.24) is 0 Å². The Morgan fingerprint density at radius 3 is 2.70 bits per heavy atom. The van der Waals surface area contributed by atoms with Crippen LogP contribution in [0, 0.1) is 11.8 Å². The van der Waals surface area contributed by atoms with Gasteiger partial charge in [-0.15, -0.1) is 0 Å². The third kappa shape index (κ3) is 1.96. The fourth-order valence-corrected chi connectivity index (χ4v) is 1.29. The summed E-state index contributed by atoms with van der Waals surface area (Å²) in [5, 5.41) is 8.44. The zero-order valence-electron chi connectivity index (χ0n) is 6.71. The molecule has 0 amide bonds. The zero-order chi connectivity index (χ0) is 7.56. The fraction of sp³-hybridized carbons (Fsp3) is 1.00. The number of hydrogen-bond donors (Lipinski definition) is 1. The van der Waals surface area contributed by atoms with E-state index in [-0.39, 0.29) is 6.61 Å². The van der Waals surface area contributed by atoms with Crippen LogP contribution in [0.25, 0.3) is 0 Å². The van der Waals surface area contributed by atoms with Crippen LogP contribution < -0.4 is 0 Å². The quantitative estimate of drug-likeness (QED) is 0.638. The number of aliphatic hydroxyl groups is 1. The van der Waals surface area contributed by atoms with Crippen molar-refractivity contribution >= 4 is 0 Å². The summed E-state index contributed by atoms with van der Waals surface area (Å²) in [6.07, 6.45) is 1.64. The molecule has 2 heteroatoms. The minimum Gasteiger partial charge on any atom is -0.394 e. The molecule has 2 atom stereocenters. The molecule has 1 aliphatic rings. The van der Waals surface area contributed by atoms with Crippen LogP contribution >= 0.6 is 0 Å². The summed E-state index contributed by atoms with van der Waals surface area (Å²) in [6, 6.07) is 0. The average Bonchev–Trinajstić information content (AvgIpc) is 2.62. The van der Waals surface area contributed by atoms with Gasteiger partial charge in [-0.25, -0.2) is 0 Å². The van der Waals surface area contributed by atoms with Crippen LogP contribution in [0.4, 0.5) is 0 Å². The molecule has 0 heterocycles. The van der Waals surface area contributed by atoms with E-state index in [1.54, 1.807) is 0 Å². The highest BCUT2D eigenvalue weighted by Gasteiger charge is 2.39.